The van der Waals surface area contributed by atoms with E-state index in [1.807, 2.05) is 24.4 Å². The molecular formula is C44H44F3N5O+2. The highest BCUT2D eigenvalue weighted by molar-refractivity contribution is 6.06. The van der Waals surface area contributed by atoms with Crippen molar-refractivity contribution in [1.82, 2.24) is 14.8 Å². The van der Waals surface area contributed by atoms with Crippen LogP contribution in [-0.2, 0) is 30.2 Å². The van der Waals surface area contributed by atoms with Crippen molar-refractivity contribution in [3.05, 3.63) is 108 Å². The zero-order valence-corrected chi connectivity index (χ0v) is 30.9. The Bertz CT molecular complexity index is 2580. The Kier molecular flexibility index (Phi) is 7.63. The van der Waals surface area contributed by atoms with Crippen LogP contribution < -0.4 is 9.13 Å². The van der Waals surface area contributed by atoms with Gasteiger partial charge in [0, 0.05) is 53.3 Å². The van der Waals surface area contributed by atoms with Crippen molar-refractivity contribution in [2.24, 2.45) is 0 Å². The van der Waals surface area contributed by atoms with Crippen LogP contribution in [0.1, 0.15) is 88.2 Å². The Morgan fingerprint density at radius 2 is 1.68 bits per heavy atom. The molecule has 3 atom stereocenters. The van der Waals surface area contributed by atoms with E-state index in [4.69, 9.17) is 4.42 Å². The number of aromatic nitrogens is 5. The molecule has 9 rings (SSSR count). The highest BCUT2D eigenvalue weighted by Gasteiger charge is 2.63. The van der Waals surface area contributed by atoms with Gasteiger partial charge in [-0.2, -0.15) is 27.3 Å². The summed E-state index contributed by atoms with van der Waals surface area (Å²) in [6.07, 6.45) is 2.56. The van der Waals surface area contributed by atoms with Gasteiger partial charge in [-0.3, -0.25) is 0 Å². The second-order valence-electron chi connectivity index (χ2n) is 15.4. The van der Waals surface area contributed by atoms with Gasteiger partial charge in [-0.05, 0) is 80.1 Å². The van der Waals surface area contributed by atoms with E-state index in [9.17, 15) is 13.2 Å². The Morgan fingerprint density at radius 3 is 2.45 bits per heavy atom. The molecule has 4 aromatic heterocycles. The minimum absolute atomic E-state index is 0.00493. The first-order chi connectivity index (χ1) is 25.5. The molecule has 0 saturated heterocycles. The molecule has 0 spiro atoms. The average molecular weight is 716 g/mol. The molecule has 0 amide bonds. The van der Waals surface area contributed by atoms with E-state index in [-0.39, 0.29) is 11.7 Å². The molecule has 53 heavy (non-hydrogen) atoms. The number of alkyl halides is 3. The Balaban J connectivity index is 1.29. The molecule has 0 aliphatic carbocycles. The predicted molar refractivity (Wildman–Crippen MR) is 200 cm³/mol. The number of hydrogen-bond acceptors (Lipinski definition) is 3. The van der Waals surface area contributed by atoms with Gasteiger partial charge in [0.15, 0.2) is 18.3 Å². The summed E-state index contributed by atoms with van der Waals surface area (Å²) in [4.78, 5) is 4.13. The zero-order chi connectivity index (χ0) is 36.9. The van der Waals surface area contributed by atoms with Crippen LogP contribution in [0.2, 0.25) is 0 Å². The van der Waals surface area contributed by atoms with Crippen molar-refractivity contribution in [2.75, 3.05) is 0 Å². The van der Waals surface area contributed by atoms with Crippen molar-refractivity contribution in [3.63, 3.8) is 0 Å². The van der Waals surface area contributed by atoms with E-state index < -0.39 is 23.1 Å². The van der Waals surface area contributed by atoms with Crippen LogP contribution in [0.15, 0.2) is 89.5 Å². The largest absolute Gasteiger partial charge is 0.456 e. The summed E-state index contributed by atoms with van der Waals surface area (Å²) in [7, 11) is 0. The van der Waals surface area contributed by atoms with E-state index in [0.29, 0.717) is 31.5 Å². The quantitative estimate of drug-likeness (QED) is 0.154. The molecule has 2 aliphatic heterocycles. The summed E-state index contributed by atoms with van der Waals surface area (Å²) < 4.78 is 55.7. The minimum Gasteiger partial charge on any atom is -0.456 e. The number of rotatable bonds is 7. The molecule has 0 bridgehead atoms. The summed E-state index contributed by atoms with van der Waals surface area (Å²) in [5.41, 5.74) is 8.09. The van der Waals surface area contributed by atoms with Crippen molar-refractivity contribution in [1.29, 1.82) is 0 Å². The third-order valence-electron chi connectivity index (χ3n) is 12.6. The number of benzene rings is 3. The normalized spacial score (nSPS) is 20.8. The Labute approximate surface area is 306 Å². The molecule has 0 saturated carbocycles. The summed E-state index contributed by atoms with van der Waals surface area (Å²) in [6, 6.07) is 27.8. The highest BCUT2D eigenvalue weighted by atomic mass is 19.4. The second kappa shape index (κ2) is 12.0. The lowest BCUT2D eigenvalue weighted by atomic mass is 9.66. The fraction of sp³-hybridized carbons (Fsp3) is 0.364. The highest BCUT2D eigenvalue weighted by Crippen LogP contribution is 2.51. The summed E-state index contributed by atoms with van der Waals surface area (Å²) in [5.74, 6) is -0.845. The minimum atomic E-state index is -4.66. The second-order valence-corrected chi connectivity index (χ2v) is 15.4. The van der Waals surface area contributed by atoms with E-state index in [2.05, 4.69) is 114 Å². The number of para-hydroxylation sites is 1. The number of aryl methyl sites for hydroxylation is 2. The van der Waals surface area contributed by atoms with Gasteiger partial charge < -0.3 is 4.42 Å². The molecule has 0 radical (unpaired) electrons. The first-order valence-corrected chi connectivity index (χ1v) is 19.0. The van der Waals surface area contributed by atoms with E-state index in [1.54, 1.807) is 4.68 Å². The van der Waals surface area contributed by atoms with Gasteiger partial charge in [-0.1, -0.05) is 51.5 Å². The molecule has 6 nitrogen and oxygen atoms in total. The lowest BCUT2D eigenvalue weighted by Crippen LogP contribution is -2.72. The number of hydrogen-bond donors (Lipinski definition) is 0. The maximum Gasteiger partial charge on any atom is 0.453 e. The van der Waals surface area contributed by atoms with Crippen LogP contribution in [0.3, 0.4) is 0 Å². The number of unbranched alkanes of at least 4 members (excludes halogenated alkanes) is 1. The number of pyridine rings is 2. The number of halogens is 3. The fourth-order valence-corrected chi connectivity index (χ4v) is 9.72. The standard InChI is InChI=1S/C44H44F3N5O/c1-6-9-14-28-18-19-31-34-23-32-29(26-50-35-16-11-10-15-30(35)27(4)21-37(50)33(32)24-39(34)53-38(31)22-28)25-43(8-3)42(5,7-2)52-40(36-17-12-13-20-51(36)43)48-41(49-52)44(45,46)47/h10-13,15-24,29H,6-9,14,25-26H2,1-5H3/q+2. The third-order valence-corrected chi connectivity index (χ3v) is 12.6. The van der Waals surface area contributed by atoms with Crippen molar-refractivity contribution >= 4 is 32.8 Å². The number of fused-ring (bicyclic) bond motifs is 11. The van der Waals surface area contributed by atoms with Crippen molar-refractivity contribution in [2.45, 2.75) is 103 Å². The van der Waals surface area contributed by atoms with Crippen LogP contribution in [-0.4, -0.2) is 14.8 Å². The van der Waals surface area contributed by atoms with Gasteiger partial charge in [0.05, 0.1) is 11.5 Å². The molecule has 0 N–H and O–H groups in total. The maximum atomic E-state index is 14.2. The smallest absolute Gasteiger partial charge is 0.453 e. The Morgan fingerprint density at radius 1 is 0.887 bits per heavy atom. The number of nitrogens with zero attached hydrogens (tertiary/aromatic N) is 5. The molecule has 3 aromatic carbocycles. The molecule has 0 fully saturated rings. The van der Waals surface area contributed by atoms with Crippen molar-refractivity contribution in [3.8, 4) is 22.8 Å². The monoisotopic (exact) mass is 715 g/mol. The van der Waals surface area contributed by atoms with E-state index in [0.717, 1.165) is 58.0 Å². The van der Waals surface area contributed by atoms with E-state index >= 15 is 0 Å². The van der Waals surface area contributed by atoms with Gasteiger partial charge in [-0.25, -0.2) is 4.68 Å². The zero-order valence-electron chi connectivity index (χ0n) is 30.9. The van der Waals surface area contributed by atoms with Gasteiger partial charge >= 0.3 is 6.18 Å². The molecule has 7 aromatic rings. The molecule has 270 valence electrons. The van der Waals surface area contributed by atoms with Gasteiger partial charge in [0.25, 0.3) is 11.5 Å². The summed E-state index contributed by atoms with van der Waals surface area (Å²) >= 11 is 0. The van der Waals surface area contributed by atoms with Crippen LogP contribution in [0, 0.1) is 6.92 Å². The van der Waals surface area contributed by atoms with Gasteiger partial charge in [0.2, 0.25) is 17.0 Å². The van der Waals surface area contributed by atoms with Crippen molar-refractivity contribution < 1.29 is 26.7 Å². The van der Waals surface area contributed by atoms with Crippen LogP contribution >= 0.6 is 0 Å². The van der Waals surface area contributed by atoms with Crippen LogP contribution in [0.4, 0.5) is 13.2 Å². The van der Waals surface area contributed by atoms with Gasteiger partial charge in [-0.15, -0.1) is 5.10 Å². The molecule has 2 aliphatic rings. The topological polar surface area (TPSA) is 51.6 Å². The average Bonchev–Trinajstić information content (AvgIpc) is 3.78. The number of furan rings is 1. The first-order valence-electron chi connectivity index (χ1n) is 19.0. The van der Waals surface area contributed by atoms with Gasteiger partial charge in [0.1, 0.15) is 16.7 Å². The molecule has 6 heterocycles. The molecule has 9 heteroatoms. The van der Waals surface area contributed by atoms with Crippen LogP contribution in [0.5, 0.6) is 0 Å². The summed E-state index contributed by atoms with van der Waals surface area (Å²) in [6.45, 7) is 11.4. The van der Waals surface area contributed by atoms with E-state index in [1.165, 1.54) is 22.1 Å². The predicted octanol–water partition coefficient (Wildman–Crippen LogP) is 10.3. The molecular weight excluding hydrogens is 672 g/mol. The summed E-state index contributed by atoms with van der Waals surface area (Å²) in [5, 5.41) is 7.65. The Hall–Kier alpha value is -5.05. The fourth-order valence-electron chi connectivity index (χ4n) is 9.72. The molecule has 3 unspecified atom stereocenters. The lowest BCUT2D eigenvalue weighted by Gasteiger charge is -2.48. The lowest BCUT2D eigenvalue weighted by molar-refractivity contribution is -0.777. The SMILES string of the molecule is CCCCc1ccc2c(c1)oc1cc3c(cc12)C(CC1(CC)[n+]2ccccc2-c2nc(C(F)(F)F)nn2C1(C)CC)C[n+]1c-3cc(C)c2ccccc21. The third kappa shape index (κ3) is 4.84. The first kappa shape index (κ1) is 33.8. The van der Waals surface area contributed by atoms with Crippen LogP contribution in [0.25, 0.3) is 55.6 Å². The maximum absolute atomic E-state index is 14.2.